The zero-order valence-corrected chi connectivity index (χ0v) is 14.2. The molecule has 0 fully saturated rings. The maximum absolute atomic E-state index is 9.66. The van der Waals surface area contributed by atoms with Crippen molar-refractivity contribution in [2.24, 2.45) is 5.41 Å². The standard InChI is InChI=1S/C15H24BrNOS/c1-3-15(4-2,10-18)9-17-12-6-5-7-13-11(12)8-14(16)19-13/h8,12,17-18H,3-7,9-10H2,1-2H3. The molecule has 1 aliphatic carbocycles. The molecule has 1 unspecified atom stereocenters. The molecular weight excluding hydrogens is 322 g/mol. The van der Waals surface area contributed by atoms with Crippen LogP contribution in [0.3, 0.4) is 0 Å². The summed E-state index contributed by atoms with van der Waals surface area (Å²) in [4.78, 5) is 1.53. The largest absolute Gasteiger partial charge is 0.396 e. The summed E-state index contributed by atoms with van der Waals surface area (Å²) >= 11 is 5.47. The molecule has 1 aromatic heterocycles. The molecule has 0 bridgehead atoms. The van der Waals surface area contributed by atoms with Crippen molar-refractivity contribution in [3.8, 4) is 0 Å². The lowest BCUT2D eigenvalue weighted by molar-refractivity contribution is 0.109. The molecule has 0 spiro atoms. The van der Waals surface area contributed by atoms with Crippen molar-refractivity contribution in [1.82, 2.24) is 5.32 Å². The Morgan fingerprint density at radius 3 is 2.84 bits per heavy atom. The summed E-state index contributed by atoms with van der Waals surface area (Å²) in [5.74, 6) is 0. The van der Waals surface area contributed by atoms with E-state index in [0.717, 1.165) is 19.4 Å². The van der Waals surface area contributed by atoms with Crippen molar-refractivity contribution >= 4 is 27.3 Å². The number of aliphatic hydroxyl groups is 1. The van der Waals surface area contributed by atoms with E-state index in [4.69, 9.17) is 0 Å². The van der Waals surface area contributed by atoms with Crippen LogP contribution in [0, 0.1) is 5.41 Å². The summed E-state index contributed by atoms with van der Waals surface area (Å²) in [5, 5.41) is 13.4. The Morgan fingerprint density at radius 1 is 1.47 bits per heavy atom. The van der Waals surface area contributed by atoms with Gasteiger partial charge >= 0.3 is 0 Å². The fourth-order valence-corrected chi connectivity index (χ4v) is 4.67. The third-order valence-electron chi connectivity index (χ3n) is 4.64. The second kappa shape index (κ2) is 6.70. The van der Waals surface area contributed by atoms with Gasteiger partial charge in [0.2, 0.25) is 0 Å². The predicted molar refractivity (Wildman–Crippen MR) is 85.8 cm³/mol. The van der Waals surface area contributed by atoms with Gasteiger partial charge in [-0.1, -0.05) is 13.8 Å². The quantitative estimate of drug-likeness (QED) is 0.806. The Hall–Kier alpha value is 0.100. The molecule has 1 aromatic rings. The molecule has 108 valence electrons. The molecule has 0 saturated carbocycles. The molecule has 4 heteroatoms. The van der Waals surface area contributed by atoms with Crippen LogP contribution in [0.15, 0.2) is 9.85 Å². The van der Waals surface area contributed by atoms with E-state index in [1.54, 1.807) is 0 Å². The monoisotopic (exact) mass is 345 g/mol. The Balaban J connectivity index is 2.04. The van der Waals surface area contributed by atoms with Gasteiger partial charge in [0.05, 0.1) is 3.79 Å². The summed E-state index contributed by atoms with van der Waals surface area (Å²) in [5.41, 5.74) is 1.52. The van der Waals surface area contributed by atoms with E-state index in [1.807, 2.05) is 11.3 Å². The minimum Gasteiger partial charge on any atom is -0.396 e. The van der Waals surface area contributed by atoms with Gasteiger partial charge in [-0.15, -0.1) is 11.3 Å². The summed E-state index contributed by atoms with van der Waals surface area (Å²) in [6.07, 6.45) is 5.75. The minimum atomic E-state index is 0.0465. The molecule has 2 nitrogen and oxygen atoms in total. The van der Waals surface area contributed by atoms with E-state index in [-0.39, 0.29) is 12.0 Å². The van der Waals surface area contributed by atoms with Crippen LogP contribution in [0.25, 0.3) is 0 Å². The van der Waals surface area contributed by atoms with Gasteiger partial charge in [-0.2, -0.15) is 0 Å². The number of rotatable bonds is 6. The number of hydrogen-bond donors (Lipinski definition) is 2. The number of aryl methyl sites for hydroxylation is 1. The minimum absolute atomic E-state index is 0.0465. The topological polar surface area (TPSA) is 32.3 Å². The summed E-state index contributed by atoms with van der Waals surface area (Å²) in [6, 6.07) is 2.74. The first kappa shape index (κ1) is 15.5. The molecule has 0 saturated heterocycles. The van der Waals surface area contributed by atoms with Gasteiger partial charge in [0.15, 0.2) is 0 Å². The first-order valence-electron chi connectivity index (χ1n) is 7.26. The van der Waals surface area contributed by atoms with Crippen LogP contribution in [-0.2, 0) is 6.42 Å². The first-order valence-corrected chi connectivity index (χ1v) is 8.87. The van der Waals surface area contributed by atoms with Gasteiger partial charge in [0.1, 0.15) is 0 Å². The van der Waals surface area contributed by atoms with E-state index in [1.165, 1.54) is 33.5 Å². The van der Waals surface area contributed by atoms with Crippen LogP contribution in [-0.4, -0.2) is 18.3 Å². The Bertz CT molecular complexity index is 406. The maximum atomic E-state index is 9.66. The number of fused-ring (bicyclic) bond motifs is 1. The van der Waals surface area contributed by atoms with E-state index < -0.39 is 0 Å². The number of halogens is 1. The van der Waals surface area contributed by atoms with Gasteiger partial charge in [-0.05, 0) is 59.7 Å². The summed E-state index contributed by atoms with van der Waals surface area (Å²) in [7, 11) is 0. The van der Waals surface area contributed by atoms with Crippen LogP contribution in [0.1, 0.15) is 56.0 Å². The number of aliphatic hydroxyl groups excluding tert-OH is 1. The normalized spacial score (nSPS) is 19.5. The van der Waals surface area contributed by atoms with E-state index in [2.05, 4.69) is 41.2 Å². The highest BCUT2D eigenvalue weighted by Gasteiger charge is 2.28. The molecular formula is C15H24BrNOS. The average molecular weight is 346 g/mol. The van der Waals surface area contributed by atoms with Crippen molar-refractivity contribution in [3.63, 3.8) is 0 Å². The van der Waals surface area contributed by atoms with Gasteiger partial charge in [-0.25, -0.2) is 0 Å². The van der Waals surface area contributed by atoms with Crippen LogP contribution in [0.4, 0.5) is 0 Å². The predicted octanol–water partition coefficient (Wildman–Crippen LogP) is 4.28. The van der Waals surface area contributed by atoms with Gasteiger partial charge < -0.3 is 10.4 Å². The molecule has 0 radical (unpaired) electrons. The third-order valence-corrected chi connectivity index (χ3v) is 6.36. The van der Waals surface area contributed by atoms with Gasteiger partial charge in [0, 0.05) is 29.5 Å². The summed E-state index contributed by atoms with van der Waals surface area (Å²) < 4.78 is 1.24. The van der Waals surface area contributed by atoms with Crippen molar-refractivity contribution in [2.45, 2.75) is 52.0 Å². The van der Waals surface area contributed by atoms with Crippen molar-refractivity contribution in [1.29, 1.82) is 0 Å². The second-order valence-corrected chi connectivity index (χ2v) is 8.14. The lowest BCUT2D eigenvalue weighted by Gasteiger charge is -2.33. The van der Waals surface area contributed by atoms with Crippen LogP contribution in [0.2, 0.25) is 0 Å². The molecule has 2 rings (SSSR count). The SMILES string of the molecule is CCC(CC)(CO)CNC1CCCc2sc(Br)cc21. The average Bonchev–Trinajstić information content (AvgIpc) is 2.82. The lowest BCUT2D eigenvalue weighted by atomic mass is 9.82. The zero-order chi connectivity index (χ0) is 13.9. The molecule has 0 aliphatic heterocycles. The molecule has 0 aromatic carbocycles. The van der Waals surface area contributed by atoms with Crippen molar-refractivity contribution < 1.29 is 5.11 Å². The van der Waals surface area contributed by atoms with E-state index in [0.29, 0.717) is 6.04 Å². The van der Waals surface area contributed by atoms with Gasteiger partial charge in [-0.3, -0.25) is 0 Å². The van der Waals surface area contributed by atoms with Crippen LogP contribution < -0.4 is 5.32 Å². The first-order chi connectivity index (χ1) is 9.14. The molecule has 1 aliphatic rings. The maximum Gasteiger partial charge on any atom is 0.0704 e. The lowest BCUT2D eigenvalue weighted by Crippen LogP contribution is -2.38. The van der Waals surface area contributed by atoms with Gasteiger partial charge in [0.25, 0.3) is 0 Å². The molecule has 1 atom stereocenters. The Kier molecular flexibility index (Phi) is 5.46. The van der Waals surface area contributed by atoms with Crippen molar-refractivity contribution in [3.05, 3.63) is 20.3 Å². The number of thiophene rings is 1. The van der Waals surface area contributed by atoms with Crippen LogP contribution in [0.5, 0.6) is 0 Å². The van der Waals surface area contributed by atoms with E-state index >= 15 is 0 Å². The highest BCUT2D eigenvalue weighted by molar-refractivity contribution is 9.11. The summed E-state index contributed by atoms with van der Waals surface area (Å²) in [6.45, 7) is 5.54. The number of nitrogens with one attached hydrogen (secondary N) is 1. The molecule has 2 N–H and O–H groups in total. The smallest absolute Gasteiger partial charge is 0.0704 e. The van der Waals surface area contributed by atoms with Crippen LogP contribution >= 0.6 is 27.3 Å². The zero-order valence-electron chi connectivity index (χ0n) is 11.8. The Morgan fingerprint density at radius 2 is 2.21 bits per heavy atom. The second-order valence-electron chi connectivity index (χ2n) is 5.62. The third kappa shape index (κ3) is 3.41. The highest BCUT2D eigenvalue weighted by Crippen LogP contribution is 2.38. The molecule has 19 heavy (non-hydrogen) atoms. The molecule has 1 heterocycles. The van der Waals surface area contributed by atoms with E-state index in [9.17, 15) is 5.11 Å². The van der Waals surface area contributed by atoms with Crippen molar-refractivity contribution in [2.75, 3.05) is 13.2 Å². The highest BCUT2D eigenvalue weighted by atomic mass is 79.9. The number of hydrogen-bond acceptors (Lipinski definition) is 3. The fraction of sp³-hybridized carbons (Fsp3) is 0.733. The fourth-order valence-electron chi connectivity index (χ4n) is 2.85. The molecule has 0 amide bonds. The Labute approximate surface area is 128 Å².